The number of hydrogen-bond acceptors (Lipinski definition) is 3. The molecule has 0 amide bonds. The van der Waals surface area contributed by atoms with Gasteiger partial charge in [0.05, 0.1) is 11.4 Å². The number of halogens is 1. The quantitative estimate of drug-likeness (QED) is 0.745. The summed E-state index contributed by atoms with van der Waals surface area (Å²) in [5.74, 6) is 2.06. The van der Waals surface area contributed by atoms with Crippen LogP contribution >= 0.6 is 11.8 Å². The van der Waals surface area contributed by atoms with Crippen molar-refractivity contribution in [2.75, 3.05) is 35.2 Å². The van der Waals surface area contributed by atoms with Gasteiger partial charge in [0.2, 0.25) is 0 Å². The third-order valence-corrected chi connectivity index (χ3v) is 3.60. The number of rotatable bonds is 1. The van der Waals surface area contributed by atoms with Gasteiger partial charge in [-0.2, -0.15) is 11.8 Å². The average Bonchev–Trinajstić information content (AvgIpc) is 2.46. The van der Waals surface area contributed by atoms with Crippen LogP contribution in [0.5, 0.6) is 0 Å². The van der Waals surface area contributed by atoms with Crippen LogP contribution in [0.1, 0.15) is 6.42 Å². The van der Waals surface area contributed by atoms with Crippen molar-refractivity contribution in [3.8, 4) is 0 Å². The van der Waals surface area contributed by atoms with Gasteiger partial charge >= 0.3 is 0 Å². The van der Waals surface area contributed by atoms with Crippen molar-refractivity contribution < 1.29 is 4.39 Å². The molecule has 1 fully saturated rings. The fraction of sp³-hybridized carbons (Fsp3) is 0.455. The molecule has 0 unspecified atom stereocenters. The third kappa shape index (κ3) is 2.56. The van der Waals surface area contributed by atoms with E-state index in [4.69, 9.17) is 5.73 Å². The molecule has 15 heavy (non-hydrogen) atoms. The van der Waals surface area contributed by atoms with E-state index in [9.17, 15) is 4.39 Å². The molecular formula is C11H15FN2S. The van der Waals surface area contributed by atoms with E-state index in [1.165, 1.54) is 24.3 Å². The lowest BCUT2D eigenvalue weighted by Crippen LogP contribution is -2.26. The zero-order valence-corrected chi connectivity index (χ0v) is 9.39. The van der Waals surface area contributed by atoms with E-state index in [0.717, 1.165) is 24.5 Å². The van der Waals surface area contributed by atoms with Gasteiger partial charge < -0.3 is 10.6 Å². The molecule has 1 aliphatic heterocycles. The minimum atomic E-state index is -0.263. The molecule has 2 N–H and O–H groups in total. The van der Waals surface area contributed by atoms with E-state index in [0.29, 0.717) is 5.69 Å². The minimum Gasteiger partial charge on any atom is -0.397 e. The van der Waals surface area contributed by atoms with Crippen molar-refractivity contribution in [1.29, 1.82) is 0 Å². The lowest BCUT2D eigenvalue weighted by atomic mass is 10.2. The molecule has 0 saturated carbocycles. The van der Waals surface area contributed by atoms with Crippen molar-refractivity contribution in [2.24, 2.45) is 0 Å². The van der Waals surface area contributed by atoms with Crippen LogP contribution < -0.4 is 10.6 Å². The van der Waals surface area contributed by atoms with Gasteiger partial charge in [0, 0.05) is 18.8 Å². The zero-order valence-electron chi connectivity index (χ0n) is 8.58. The lowest BCUT2D eigenvalue weighted by Gasteiger charge is -2.23. The molecule has 0 radical (unpaired) electrons. The largest absolute Gasteiger partial charge is 0.397 e. The van der Waals surface area contributed by atoms with Crippen LogP contribution in [0.15, 0.2) is 18.2 Å². The van der Waals surface area contributed by atoms with Crippen LogP contribution in [0.25, 0.3) is 0 Å². The molecule has 2 rings (SSSR count). The Kier molecular flexibility index (Phi) is 3.36. The molecule has 0 aliphatic carbocycles. The van der Waals surface area contributed by atoms with Crippen molar-refractivity contribution in [2.45, 2.75) is 6.42 Å². The van der Waals surface area contributed by atoms with Gasteiger partial charge in [-0.25, -0.2) is 4.39 Å². The summed E-state index contributed by atoms with van der Waals surface area (Å²) in [5, 5.41) is 0. The van der Waals surface area contributed by atoms with E-state index >= 15 is 0 Å². The number of thioether (sulfide) groups is 1. The van der Waals surface area contributed by atoms with Gasteiger partial charge in [-0.05, 0) is 30.4 Å². The van der Waals surface area contributed by atoms with E-state index in [1.54, 1.807) is 6.07 Å². The topological polar surface area (TPSA) is 29.3 Å². The monoisotopic (exact) mass is 226 g/mol. The van der Waals surface area contributed by atoms with E-state index < -0.39 is 0 Å². The molecule has 1 aliphatic rings. The van der Waals surface area contributed by atoms with Crippen molar-refractivity contribution in [3.05, 3.63) is 24.0 Å². The van der Waals surface area contributed by atoms with Crippen LogP contribution in [0.4, 0.5) is 15.8 Å². The fourth-order valence-corrected chi connectivity index (χ4v) is 2.69. The van der Waals surface area contributed by atoms with Crippen molar-refractivity contribution >= 4 is 23.1 Å². The van der Waals surface area contributed by atoms with E-state index in [-0.39, 0.29) is 5.82 Å². The van der Waals surface area contributed by atoms with Crippen LogP contribution in [0.3, 0.4) is 0 Å². The Morgan fingerprint density at radius 2 is 2.13 bits per heavy atom. The molecule has 1 aromatic rings. The normalized spacial score (nSPS) is 17.5. The highest BCUT2D eigenvalue weighted by atomic mass is 32.2. The van der Waals surface area contributed by atoms with E-state index in [1.807, 2.05) is 11.8 Å². The molecule has 4 heteroatoms. The summed E-state index contributed by atoms with van der Waals surface area (Å²) in [4.78, 5) is 2.24. The molecule has 2 nitrogen and oxygen atoms in total. The Bertz CT molecular complexity index is 335. The summed E-state index contributed by atoms with van der Waals surface area (Å²) in [7, 11) is 0. The predicted molar refractivity (Wildman–Crippen MR) is 65.0 cm³/mol. The first-order valence-electron chi connectivity index (χ1n) is 5.15. The van der Waals surface area contributed by atoms with Crippen LogP contribution in [0.2, 0.25) is 0 Å². The molecule has 1 aromatic carbocycles. The molecule has 0 atom stereocenters. The highest BCUT2D eigenvalue weighted by Crippen LogP contribution is 2.25. The number of benzene rings is 1. The highest BCUT2D eigenvalue weighted by molar-refractivity contribution is 7.99. The van der Waals surface area contributed by atoms with Crippen molar-refractivity contribution in [1.82, 2.24) is 0 Å². The third-order valence-electron chi connectivity index (χ3n) is 2.55. The fourth-order valence-electron chi connectivity index (χ4n) is 1.80. The maximum absolute atomic E-state index is 12.9. The number of anilines is 2. The van der Waals surface area contributed by atoms with Gasteiger partial charge in [0.1, 0.15) is 5.82 Å². The SMILES string of the molecule is Nc1cc(F)ccc1N1CCCSCC1. The summed E-state index contributed by atoms with van der Waals surface area (Å²) in [5.41, 5.74) is 7.33. The summed E-state index contributed by atoms with van der Waals surface area (Å²) in [6.07, 6.45) is 1.17. The zero-order chi connectivity index (χ0) is 10.7. The maximum Gasteiger partial charge on any atom is 0.125 e. The van der Waals surface area contributed by atoms with E-state index in [2.05, 4.69) is 4.90 Å². The van der Waals surface area contributed by atoms with Gasteiger partial charge in [0.15, 0.2) is 0 Å². The number of nitrogens with zero attached hydrogens (tertiary/aromatic N) is 1. The summed E-state index contributed by atoms with van der Waals surface area (Å²) in [6, 6.07) is 4.65. The molecule has 1 saturated heterocycles. The second kappa shape index (κ2) is 4.75. The molecule has 0 spiro atoms. The lowest BCUT2D eigenvalue weighted by molar-refractivity contribution is 0.628. The Morgan fingerprint density at radius 3 is 2.93 bits per heavy atom. The Labute approximate surface area is 93.6 Å². The van der Waals surface area contributed by atoms with Gasteiger partial charge in [-0.1, -0.05) is 0 Å². The number of nitrogen functional groups attached to an aromatic ring is 1. The minimum absolute atomic E-state index is 0.263. The first-order valence-corrected chi connectivity index (χ1v) is 6.30. The average molecular weight is 226 g/mol. The first kappa shape index (κ1) is 10.6. The summed E-state index contributed by atoms with van der Waals surface area (Å²) >= 11 is 1.97. The number of hydrogen-bond donors (Lipinski definition) is 1. The van der Waals surface area contributed by atoms with Crippen LogP contribution in [0, 0.1) is 5.82 Å². The summed E-state index contributed by atoms with van der Waals surface area (Å²) in [6.45, 7) is 2.02. The smallest absolute Gasteiger partial charge is 0.125 e. The first-order chi connectivity index (χ1) is 7.27. The second-order valence-electron chi connectivity index (χ2n) is 3.66. The molecular weight excluding hydrogens is 211 g/mol. The van der Waals surface area contributed by atoms with Gasteiger partial charge in [-0.3, -0.25) is 0 Å². The maximum atomic E-state index is 12.9. The summed E-state index contributed by atoms with van der Waals surface area (Å²) < 4.78 is 12.9. The Morgan fingerprint density at radius 1 is 1.27 bits per heavy atom. The standard InChI is InChI=1S/C11H15FN2S/c12-9-2-3-11(10(13)8-9)14-4-1-6-15-7-5-14/h2-3,8H,1,4-7,13H2. The second-order valence-corrected chi connectivity index (χ2v) is 4.88. The molecule has 0 aromatic heterocycles. The van der Waals surface area contributed by atoms with Crippen molar-refractivity contribution in [3.63, 3.8) is 0 Å². The molecule has 1 heterocycles. The Hall–Kier alpha value is -0.900. The highest BCUT2D eigenvalue weighted by Gasteiger charge is 2.12. The Balaban J connectivity index is 2.19. The van der Waals surface area contributed by atoms with Gasteiger partial charge in [0.25, 0.3) is 0 Å². The molecule has 0 bridgehead atoms. The van der Waals surface area contributed by atoms with Crippen LogP contribution in [-0.4, -0.2) is 24.6 Å². The predicted octanol–water partition coefficient (Wildman–Crippen LogP) is 2.35. The van der Waals surface area contributed by atoms with Gasteiger partial charge in [-0.15, -0.1) is 0 Å². The number of nitrogens with two attached hydrogens (primary N) is 1. The van der Waals surface area contributed by atoms with Crippen LogP contribution in [-0.2, 0) is 0 Å². The molecule has 82 valence electrons.